The van der Waals surface area contributed by atoms with Crippen molar-refractivity contribution in [3.05, 3.63) is 54.2 Å². The zero-order valence-electron chi connectivity index (χ0n) is 18.5. The molecule has 0 saturated carbocycles. The first-order valence-electron chi connectivity index (χ1n) is 11.3. The first-order valence-corrected chi connectivity index (χ1v) is 11.3. The minimum Gasteiger partial charge on any atom is -0.465 e. The van der Waals surface area contributed by atoms with E-state index in [1.807, 2.05) is 28.7 Å². The van der Waals surface area contributed by atoms with Gasteiger partial charge in [0.1, 0.15) is 11.8 Å². The number of aliphatic hydroxyl groups excluding tert-OH is 2. The molecule has 0 radical (unpaired) electrons. The van der Waals surface area contributed by atoms with E-state index in [0.29, 0.717) is 35.2 Å². The molecule has 1 fully saturated rings. The fourth-order valence-corrected chi connectivity index (χ4v) is 4.51. The summed E-state index contributed by atoms with van der Waals surface area (Å²) in [6.07, 6.45) is 1.65. The van der Waals surface area contributed by atoms with Crippen LogP contribution >= 0.6 is 0 Å². The first-order chi connectivity index (χ1) is 16.5. The molecule has 1 saturated heterocycles. The highest BCUT2D eigenvalue weighted by molar-refractivity contribution is 5.92. The predicted molar refractivity (Wildman–Crippen MR) is 127 cm³/mol. The van der Waals surface area contributed by atoms with Gasteiger partial charge in [-0.05, 0) is 48.6 Å². The highest BCUT2D eigenvalue weighted by Crippen LogP contribution is 2.31. The molecule has 3 aromatic heterocycles. The van der Waals surface area contributed by atoms with Gasteiger partial charge in [0.25, 0.3) is 0 Å². The number of hydrogen-bond donors (Lipinski definition) is 4. The number of nitrogens with zero attached hydrogens (tertiary/aromatic N) is 5. The molecule has 1 aromatic carbocycles. The van der Waals surface area contributed by atoms with Crippen LogP contribution in [-0.2, 0) is 0 Å². The van der Waals surface area contributed by atoms with E-state index in [4.69, 9.17) is 10.1 Å². The van der Waals surface area contributed by atoms with Crippen LogP contribution in [0.15, 0.2) is 48.7 Å². The number of fused-ring (bicyclic) bond motifs is 2. The molecule has 1 atom stereocenters. The monoisotopic (exact) mass is 462 g/mol. The summed E-state index contributed by atoms with van der Waals surface area (Å²) in [5.41, 5.74) is 3.75. The van der Waals surface area contributed by atoms with Crippen molar-refractivity contribution in [2.75, 3.05) is 31.1 Å². The molecule has 5 rings (SSSR count). The smallest absolute Gasteiger partial charge is 0.404 e. The van der Waals surface area contributed by atoms with E-state index >= 15 is 0 Å². The summed E-state index contributed by atoms with van der Waals surface area (Å²) >= 11 is 0. The summed E-state index contributed by atoms with van der Waals surface area (Å²) < 4.78 is 1.81. The lowest BCUT2D eigenvalue weighted by Gasteiger charge is -2.34. The Balaban J connectivity index is 1.44. The maximum Gasteiger partial charge on any atom is 0.404 e. The van der Waals surface area contributed by atoms with Crippen LogP contribution in [0.2, 0.25) is 0 Å². The molecule has 10 nitrogen and oxygen atoms in total. The number of pyridine rings is 2. The molecule has 1 amide bonds. The minimum atomic E-state index is -0.977. The lowest BCUT2D eigenvalue weighted by Crippen LogP contribution is -2.38. The van der Waals surface area contributed by atoms with E-state index in [2.05, 4.69) is 26.5 Å². The topological polar surface area (TPSA) is 136 Å². The van der Waals surface area contributed by atoms with Crippen molar-refractivity contribution >= 4 is 28.3 Å². The number of rotatable bonds is 6. The first kappa shape index (κ1) is 22.1. The number of amides is 1. The number of nitrogens with one attached hydrogen (secondary N) is 1. The van der Waals surface area contributed by atoms with Gasteiger partial charge in [-0.25, -0.2) is 9.78 Å². The number of para-hydroxylation sites is 1. The van der Waals surface area contributed by atoms with Gasteiger partial charge < -0.3 is 25.5 Å². The molecule has 0 aliphatic carbocycles. The van der Waals surface area contributed by atoms with Gasteiger partial charge in [-0.1, -0.05) is 18.2 Å². The molecule has 34 heavy (non-hydrogen) atoms. The Hall–Kier alpha value is -3.76. The second-order valence-corrected chi connectivity index (χ2v) is 8.57. The van der Waals surface area contributed by atoms with Crippen molar-refractivity contribution in [1.29, 1.82) is 0 Å². The van der Waals surface area contributed by atoms with Crippen molar-refractivity contribution < 1.29 is 20.1 Å². The van der Waals surface area contributed by atoms with Crippen molar-refractivity contribution in [1.82, 2.24) is 24.9 Å². The number of aromatic nitrogens is 4. The van der Waals surface area contributed by atoms with Crippen LogP contribution < -0.4 is 10.2 Å². The van der Waals surface area contributed by atoms with Gasteiger partial charge in [0.05, 0.1) is 17.8 Å². The summed E-state index contributed by atoms with van der Waals surface area (Å²) in [5, 5.41) is 40.0. The second-order valence-electron chi connectivity index (χ2n) is 8.57. The molecule has 0 bridgehead atoms. The average molecular weight is 463 g/mol. The fraction of sp³-hybridized carbons (Fsp3) is 0.333. The lowest BCUT2D eigenvalue weighted by atomic mass is 9.96. The molecule has 4 heterocycles. The van der Waals surface area contributed by atoms with Crippen LogP contribution in [0, 0.1) is 5.92 Å². The minimum absolute atomic E-state index is 0.336. The number of carboxylic acid groups (broad SMARTS) is 1. The van der Waals surface area contributed by atoms with Crippen molar-refractivity contribution in [2.45, 2.75) is 18.9 Å². The third-order valence-corrected chi connectivity index (χ3v) is 6.42. The van der Waals surface area contributed by atoms with Crippen LogP contribution in [0.3, 0.4) is 0 Å². The van der Waals surface area contributed by atoms with Gasteiger partial charge in [-0.2, -0.15) is 0 Å². The molecular weight excluding hydrogens is 436 g/mol. The van der Waals surface area contributed by atoms with Crippen LogP contribution in [0.4, 0.5) is 10.5 Å². The maximum absolute atomic E-state index is 10.8. The Morgan fingerprint density at radius 3 is 2.74 bits per heavy atom. The summed E-state index contributed by atoms with van der Waals surface area (Å²) in [4.78, 5) is 18.0. The Bertz CT molecular complexity index is 1330. The Morgan fingerprint density at radius 1 is 1.15 bits per heavy atom. The predicted octanol–water partition coefficient (Wildman–Crippen LogP) is 2.45. The number of aliphatic hydroxyl groups is 2. The molecule has 1 aliphatic heterocycles. The Kier molecular flexibility index (Phi) is 5.99. The van der Waals surface area contributed by atoms with Crippen molar-refractivity contribution in [3.8, 4) is 11.5 Å². The average Bonchev–Trinajstić information content (AvgIpc) is 3.30. The van der Waals surface area contributed by atoms with Gasteiger partial charge in [-0.15, -0.1) is 10.2 Å². The van der Waals surface area contributed by atoms with Crippen molar-refractivity contribution in [3.63, 3.8) is 0 Å². The van der Waals surface area contributed by atoms with E-state index in [-0.39, 0.29) is 6.61 Å². The van der Waals surface area contributed by atoms with Crippen LogP contribution in [0.1, 0.15) is 24.5 Å². The highest BCUT2D eigenvalue weighted by Gasteiger charge is 2.22. The number of anilines is 1. The molecule has 4 aromatic rings. The lowest BCUT2D eigenvalue weighted by molar-refractivity contribution is 0.0956. The highest BCUT2D eigenvalue weighted by atomic mass is 16.4. The molecular formula is C24H26N6O4. The molecule has 176 valence electrons. The fourth-order valence-electron chi connectivity index (χ4n) is 4.51. The summed E-state index contributed by atoms with van der Waals surface area (Å²) in [5.74, 6) is 0.928. The Morgan fingerprint density at radius 2 is 1.97 bits per heavy atom. The normalized spacial score (nSPS) is 15.6. The van der Waals surface area contributed by atoms with E-state index in [1.165, 1.54) is 0 Å². The third kappa shape index (κ3) is 4.25. The molecule has 1 unspecified atom stereocenters. The Labute approximate surface area is 195 Å². The van der Waals surface area contributed by atoms with Gasteiger partial charge in [0, 0.05) is 31.2 Å². The molecule has 0 spiro atoms. The SMILES string of the molecule is O=C(O)NCC1CCN(c2cccc3ccc(-c4nnc5cc(C(O)CO)ccn45)nc23)CC1. The standard InChI is InChI=1S/C24H26N6O4/c31-14-20(32)17-8-11-30-21(12-17)27-28-23(30)18-5-4-16-2-1-3-19(22(16)26-18)29-9-6-15(7-10-29)13-25-24(33)34/h1-5,8,11-12,15,20,25,31-32H,6-7,9-10,13-14H2,(H,33,34). The van der Waals surface area contributed by atoms with Gasteiger partial charge in [-0.3, -0.25) is 4.40 Å². The van der Waals surface area contributed by atoms with E-state index < -0.39 is 12.2 Å². The van der Waals surface area contributed by atoms with Crippen molar-refractivity contribution in [2.24, 2.45) is 5.92 Å². The third-order valence-electron chi connectivity index (χ3n) is 6.42. The number of hydrogen-bond acceptors (Lipinski definition) is 7. The molecule has 4 N–H and O–H groups in total. The van der Waals surface area contributed by atoms with E-state index in [1.54, 1.807) is 18.3 Å². The van der Waals surface area contributed by atoms with Crippen LogP contribution in [0.25, 0.3) is 28.1 Å². The number of piperidine rings is 1. The van der Waals surface area contributed by atoms with E-state index in [0.717, 1.165) is 42.5 Å². The van der Waals surface area contributed by atoms with E-state index in [9.17, 15) is 15.0 Å². The van der Waals surface area contributed by atoms with Gasteiger partial charge >= 0.3 is 6.09 Å². The number of benzene rings is 1. The largest absolute Gasteiger partial charge is 0.465 e. The number of carbonyl (C=O) groups is 1. The molecule has 10 heteroatoms. The second kappa shape index (κ2) is 9.24. The summed E-state index contributed by atoms with van der Waals surface area (Å²) in [6, 6.07) is 13.5. The zero-order valence-corrected chi connectivity index (χ0v) is 18.5. The quantitative estimate of drug-likeness (QED) is 0.343. The summed E-state index contributed by atoms with van der Waals surface area (Å²) in [6.45, 7) is 1.79. The molecule has 1 aliphatic rings. The van der Waals surface area contributed by atoms with Gasteiger partial charge in [0.15, 0.2) is 11.5 Å². The summed E-state index contributed by atoms with van der Waals surface area (Å²) in [7, 11) is 0. The zero-order chi connectivity index (χ0) is 23.7. The maximum atomic E-state index is 10.8. The van der Waals surface area contributed by atoms with Crippen LogP contribution in [0.5, 0.6) is 0 Å². The van der Waals surface area contributed by atoms with Crippen LogP contribution in [-0.4, -0.2) is 67.2 Å². The van der Waals surface area contributed by atoms with Gasteiger partial charge in [0.2, 0.25) is 0 Å².